The summed E-state index contributed by atoms with van der Waals surface area (Å²) in [7, 11) is 0. The minimum Gasteiger partial charge on any atom is -0.206 e. The van der Waals surface area contributed by atoms with Crippen molar-refractivity contribution in [1.82, 2.24) is 0 Å². The maximum atomic E-state index is 15.2. The normalized spacial score (nSPS) is 19.6. The second kappa shape index (κ2) is 9.11. The molecule has 29 heavy (non-hydrogen) atoms. The van der Waals surface area contributed by atoms with Crippen LogP contribution in [0.15, 0.2) is 54.6 Å². The molecule has 0 atom stereocenters. The summed E-state index contributed by atoms with van der Waals surface area (Å²) in [4.78, 5) is 0. The highest BCUT2D eigenvalue weighted by Gasteiger charge is 2.22. The second-order valence-corrected chi connectivity index (χ2v) is 8.99. The molecule has 1 aliphatic carbocycles. The van der Waals surface area contributed by atoms with E-state index >= 15 is 4.39 Å². The first-order valence-corrected chi connectivity index (χ1v) is 11.4. The van der Waals surface area contributed by atoms with Gasteiger partial charge in [0.05, 0.1) is 0 Å². The third-order valence-electron chi connectivity index (χ3n) is 6.87. The lowest BCUT2D eigenvalue weighted by molar-refractivity contribution is 0.303. The molecule has 0 bridgehead atoms. The molecule has 0 amide bonds. The molecule has 0 heterocycles. The summed E-state index contributed by atoms with van der Waals surface area (Å²) in [5, 5.41) is 1.76. The van der Waals surface area contributed by atoms with Crippen LogP contribution < -0.4 is 0 Å². The van der Waals surface area contributed by atoms with Crippen molar-refractivity contribution < 1.29 is 4.39 Å². The van der Waals surface area contributed by atoms with E-state index in [1.54, 1.807) is 0 Å². The molecule has 0 unspecified atom stereocenters. The van der Waals surface area contributed by atoms with Crippen LogP contribution in [0.2, 0.25) is 0 Å². The Morgan fingerprint density at radius 1 is 0.862 bits per heavy atom. The van der Waals surface area contributed by atoms with Gasteiger partial charge in [-0.2, -0.15) is 0 Å². The van der Waals surface area contributed by atoms with E-state index in [1.807, 2.05) is 36.4 Å². The van der Waals surface area contributed by atoms with Gasteiger partial charge in [-0.05, 0) is 61.0 Å². The van der Waals surface area contributed by atoms with Gasteiger partial charge in [0.25, 0.3) is 0 Å². The fraction of sp³-hybridized carbons (Fsp3) is 0.429. The van der Waals surface area contributed by atoms with Crippen molar-refractivity contribution in [3.05, 3.63) is 71.5 Å². The molecular weight excluding hydrogens is 355 g/mol. The molecule has 1 fully saturated rings. The van der Waals surface area contributed by atoms with E-state index in [1.165, 1.54) is 62.5 Å². The first-order valence-electron chi connectivity index (χ1n) is 11.4. The third kappa shape index (κ3) is 4.55. The Labute approximate surface area is 175 Å². The van der Waals surface area contributed by atoms with Crippen molar-refractivity contribution in [3.63, 3.8) is 0 Å². The van der Waals surface area contributed by atoms with Crippen LogP contribution in [-0.2, 0) is 0 Å². The SMILES string of the molecule is CCCCC[C@H]1CC[C@H](c2ccc3c(F)c(-c4ccc(C)cc4)ccc3c2)CC1. The molecule has 1 saturated carbocycles. The molecule has 1 aliphatic rings. The fourth-order valence-corrected chi connectivity index (χ4v) is 4.99. The molecular formula is C28H33F. The third-order valence-corrected chi connectivity index (χ3v) is 6.87. The summed E-state index contributed by atoms with van der Waals surface area (Å²) in [6, 6.07) is 18.5. The van der Waals surface area contributed by atoms with E-state index in [0.29, 0.717) is 11.5 Å². The van der Waals surface area contributed by atoms with Gasteiger partial charge in [-0.15, -0.1) is 0 Å². The number of hydrogen-bond acceptors (Lipinski definition) is 0. The molecule has 0 saturated heterocycles. The molecule has 4 rings (SSSR count). The van der Waals surface area contributed by atoms with Gasteiger partial charge in [0.2, 0.25) is 0 Å². The van der Waals surface area contributed by atoms with E-state index in [0.717, 1.165) is 22.3 Å². The first kappa shape index (κ1) is 20.1. The fourth-order valence-electron chi connectivity index (χ4n) is 4.99. The van der Waals surface area contributed by atoms with Gasteiger partial charge in [-0.3, -0.25) is 0 Å². The van der Waals surface area contributed by atoms with Crippen molar-refractivity contribution in [2.75, 3.05) is 0 Å². The first-order chi connectivity index (χ1) is 14.2. The Bertz CT molecular complexity index is 946. The van der Waals surface area contributed by atoms with Crippen LogP contribution in [0.1, 0.15) is 75.3 Å². The van der Waals surface area contributed by atoms with E-state index in [4.69, 9.17) is 0 Å². The number of benzene rings is 3. The summed E-state index contributed by atoms with van der Waals surface area (Å²) >= 11 is 0. The second-order valence-electron chi connectivity index (χ2n) is 8.99. The van der Waals surface area contributed by atoms with E-state index < -0.39 is 0 Å². The Hall–Kier alpha value is -2.15. The van der Waals surface area contributed by atoms with Crippen LogP contribution in [0, 0.1) is 18.7 Å². The van der Waals surface area contributed by atoms with Gasteiger partial charge >= 0.3 is 0 Å². The van der Waals surface area contributed by atoms with Gasteiger partial charge in [0.1, 0.15) is 5.82 Å². The molecule has 1 heteroatoms. The standard InChI is InChI=1S/C28H33F/c1-3-4-5-6-21-9-13-22(14-10-21)24-15-17-27-25(19-24)16-18-26(28(27)29)23-11-7-20(2)8-12-23/h7-8,11-12,15-19,21-22H,3-6,9-10,13-14H2,1-2H3/t21-,22-. The lowest BCUT2D eigenvalue weighted by Crippen LogP contribution is -2.13. The lowest BCUT2D eigenvalue weighted by Gasteiger charge is -2.29. The molecule has 0 aromatic heterocycles. The molecule has 3 aromatic carbocycles. The predicted octanol–water partition coefficient (Wildman–Crippen LogP) is 8.81. The Kier molecular flexibility index (Phi) is 6.33. The minimum atomic E-state index is -0.0995. The van der Waals surface area contributed by atoms with Gasteiger partial charge in [-0.1, -0.05) is 92.8 Å². The van der Waals surface area contributed by atoms with Crippen molar-refractivity contribution in [2.45, 2.75) is 71.1 Å². The monoisotopic (exact) mass is 388 g/mol. The summed E-state index contributed by atoms with van der Waals surface area (Å²) in [5.74, 6) is 1.46. The number of rotatable bonds is 6. The maximum Gasteiger partial charge on any atom is 0.138 e. The summed E-state index contributed by atoms with van der Waals surface area (Å²) in [5.41, 5.74) is 4.23. The number of aryl methyl sites for hydroxylation is 1. The zero-order valence-corrected chi connectivity index (χ0v) is 17.9. The zero-order chi connectivity index (χ0) is 20.2. The largest absolute Gasteiger partial charge is 0.206 e. The van der Waals surface area contributed by atoms with Crippen LogP contribution in [0.3, 0.4) is 0 Å². The predicted molar refractivity (Wildman–Crippen MR) is 123 cm³/mol. The topological polar surface area (TPSA) is 0 Å². The number of halogens is 1. The van der Waals surface area contributed by atoms with Gasteiger partial charge in [0.15, 0.2) is 0 Å². The van der Waals surface area contributed by atoms with E-state index in [9.17, 15) is 0 Å². The van der Waals surface area contributed by atoms with Crippen molar-refractivity contribution in [3.8, 4) is 11.1 Å². The molecule has 0 spiro atoms. The molecule has 152 valence electrons. The quantitative estimate of drug-likeness (QED) is 0.370. The lowest BCUT2D eigenvalue weighted by atomic mass is 9.76. The van der Waals surface area contributed by atoms with Crippen LogP contribution in [-0.4, -0.2) is 0 Å². The van der Waals surface area contributed by atoms with Crippen LogP contribution in [0.4, 0.5) is 4.39 Å². The van der Waals surface area contributed by atoms with Gasteiger partial charge < -0.3 is 0 Å². The maximum absolute atomic E-state index is 15.2. The highest BCUT2D eigenvalue weighted by Crippen LogP contribution is 2.39. The molecule has 3 aromatic rings. The van der Waals surface area contributed by atoms with E-state index in [2.05, 4.69) is 32.0 Å². The van der Waals surface area contributed by atoms with Crippen LogP contribution in [0.5, 0.6) is 0 Å². The average molecular weight is 389 g/mol. The summed E-state index contributed by atoms with van der Waals surface area (Å²) in [6.07, 6.45) is 10.8. The number of hydrogen-bond donors (Lipinski definition) is 0. The number of fused-ring (bicyclic) bond motifs is 1. The molecule has 0 nitrogen and oxygen atoms in total. The van der Waals surface area contributed by atoms with E-state index in [-0.39, 0.29) is 5.82 Å². The van der Waals surface area contributed by atoms with Gasteiger partial charge in [0, 0.05) is 10.9 Å². The summed E-state index contributed by atoms with van der Waals surface area (Å²) < 4.78 is 15.2. The minimum absolute atomic E-state index is 0.0995. The number of unbranched alkanes of at least 4 members (excludes halogenated alkanes) is 2. The smallest absolute Gasteiger partial charge is 0.138 e. The van der Waals surface area contributed by atoms with Crippen molar-refractivity contribution in [2.24, 2.45) is 5.92 Å². The Morgan fingerprint density at radius 2 is 1.62 bits per heavy atom. The Morgan fingerprint density at radius 3 is 2.34 bits per heavy atom. The highest BCUT2D eigenvalue weighted by molar-refractivity contribution is 5.89. The zero-order valence-electron chi connectivity index (χ0n) is 17.9. The van der Waals surface area contributed by atoms with Gasteiger partial charge in [-0.25, -0.2) is 4.39 Å². The van der Waals surface area contributed by atoms with Crippen LogP contribution >= 0.6 is 0 Å². The van der Waals surface area contributed by atoms with Crippen LogP contribution in [0.25, 0.3) is 21.9 Å². The summed E-state index contributed by atoms with van der Waals surface area (Å²) in [6.45, 7) is 4.34. The average Bonchev–Trinajstić information content (AvgIpc) is 2.75. The van der Waals surface area contributed by atoms with Crippen molar-refractivity contribution >= 4 is 10.8 Å². The molecule has 0 N–H and O–H groups in total. The van der Waals surface area contributed by atoms with Crippen molar-refractivity contribution in [1.29, 1.82) is 0 Å². The molecule has 0 radical (unpaired) electrons. The highest BCUT2D eigenvalue weighted by atomic mass is 19.1. The Balaban J connectivity index is 1.50. The molecule has 0 aliphatic heterocycles.